The van der Waals surface area contributed by atoms with E-state index in [0.29, 0.717) is 12.6 Å². The summed E-state index contributed by atoms with van der Waals surface area (Å²) in [7, 11) is 0. The molecule has 3 nitrogen and oxygen atoms in total. The predicted molar refractivity (Wildman–Crippen MR) is 79.1 cm³/mol. The zero-order valence-electron chi connectivity index (χ0n) is 11.7. The van der Waals surface area contributed by atoms with Gasteiger partial charge in [0.15, 0.2) is 0 Å². The van der Waals surface area contributed by atoms with Crippen molar-refractivity contribution in [1.82, 2.24) is 10.6 Å². The van der Waals surface area contributed by atoms with Crippen LogP contribution in [0.2, 0.25) is 0 Å². The van der Waals surface area contributed by atoms with Crippen LogP contribution < -0.4 is 10.6 Å². The van der Waals surface area contributed by atoms with E-state index in [1.54, 1.807) is 0 Å². The van der Waals surface area contributed by atoms with Crippen LogP contribution in [0, 0.1) is 0 Å². The first-order chi connectivity index (χ1) is 9.27. The van der Waals surface area contributed by atoms with Gasteiger partial charge in [0.25, 0.3) is 0 Å². The fraction of sp³-hybridized carbons (Fsp3) is 0.500. The maximum atomic E-state index is 5.53. The lowest BCUT2D eigenvalue weighted by molar-refractivity contribution is 0.155. The molecule has 1 atom stereocenters. The standard InChI is InChI=1S/C16H24N2O/c1-13(2)12-19-10-9-18-16-7-8-17-11-14-5-3-4-6-15(14)16/h3-6,16-18H,1,7-12H2,2H3. The van der Waals surface area contributed by atoms with E-state index in [1.807, 2.05) is 6.92 Å². The van der Waals surface area contributed by atoms with E-state index in [-0.39, 0.29) is 0 Å². The van der Waals surface area contributed by atoms with E-state index >= 15 is 0 Å². The summed E-state index contributed by atoms with van der Waals surface area (Å²) in [6.45, 7) is 10.1. The van der Waals surface area contributed by atoms with Crippen molar-refractivity contribution in [3.05, 3.63) is 47.5 Å². The van der Waals surface area contributed by atoms with Crippen LogP contribution >= 0.6 is 0 Å². The number of fused-ring (bicyclic) bond motifs is 1. The number of ether oxygens (including phenoxy) is 1. The minimum Gasteiger partial charge on any atom is -0.376 e. The summed E-state index contributed by atoms with van der Waals surface area (Å²) in [5.74, 6) is 0. The zero-order valence-corrected chi connectivity index (χ0v) is 11.7. The minimum absolute atomic E-state index is 0.430. The fourth-order valence-electron chi connectivity index (χ4n) is 2.42. The lowest BCUT2D eigenvalue weighted by Gasteiger charge is -2.19. The van der Waals surface area contributed by atoms with E-state index in [1.165, 1.54) is 11.1 Å². The third-order valence-corrected chi connectivity index (χ3v) is 3.34. The summed E-state index contributed by atoms with van der Waals surface area (Å²) in [5, 5.41) is 7.06. The van der Waals surface area contributed by atoms with Crippen molar-refractivity contribution < 1.29 is 4.74 Å². The molecular weight excluding hydrogens is 236 g/mol. The van der Waals surface area contributed by atoms with Gasteiger partial charge in [-0.15, -0.1) is 0 Å². The first kappa shape index (κ1) is 14.3. The predicted octanol–water partition coefficient (Wildman–Crippen LogP) is 2.40. The molecule has 1 aromatic rings. The molecule has 1 heterocycles. The Morgan fingerprint density at radius 2 is 2.32 bits per heavy atom. The Bertz CT molecular complexity index is 417. The molecule has 2 N–H and O–H groups in total. The van der Waals surface area contributed by atoms with Crippen LogP contribution in [0.15, 0.2) is 36.4 Å². The molecule has 0 radical (unpaired) electrons. The molecule has 0 amide bonds. The van der Waals surface area contributed by atoms with Crippen LogP contribution in [0.3, 0.4) is 0 Å². The van der Waals surface area contributed by atoms with Crippen LogP contribution in [0.4, 0.5) is 0 Å². The summed E-state index contributed by atoms with van der Waals surface area (Å²) >= 11 is 0. The molecule has 3 heteroatoms. The number of nitrogens with one attached hydrogen (secondary N) is 2. The van der Waals surface area contributed by atoms with Crippen molar-refractivity contribution in [2.75, 3.05) is 26.3 Å². The lowest BCUT2D eigenvalue weighted by Crippen LogP contribution is -2.26. The van der Waals surface area contributed by atoms with Gasteiger partial charge in [-0.05, 0) is 31.0 Å². The summed E-state index contributed by atoms with van der Waals surface area (Å²) < 4.78 is 5.53. The highest BCUT2D eigenvalue weighted by Gasteiger charge is 2.16. The van der Waals surface area contributed by atoms with Gasteiger partial charge in [-0.25, -0.2) is 0 Å². The topological polar surface area (TPSA) is 33.3 Å². The molecular formula is C16H24N2O. The Labute approximate surface area is 116 Å². The van der Waals surface area contributed by atoms with Crippen LogP contribution in [0.5, 0.6) is 0 Å². The second kappa shape index (κ2) is 7.43. The average molecular weight is 260 g/mol. The van der Waals surface area contributed by atoms with Crippen molar-refractivity contribution in [1.29, 1.82) is 0 Å². The molecule has 104 valence electrons. The molecule has 19 heavy (non-hydrogen) atoms. The fourth-order valence-corrected chi connectivity index (χ4v) is 2.42. The minimum atomic E-state index is 0.430. The first-order valence-electron chi connectivity index (χ1n) is 7.01. The highest BCUT2D eigenvalue weighted by atomic mass is 16.5. The summed E-state index contributed by atoms with van der Waals surface area (Å²) in [6, 6.07) is 9.10. The van der Waals surface area contributed by atoms with Gasteiger partial charge in [0.1, 0.15) is 0 Å². The SMILES string of the molecule is C=C(C)COCCNC1CCNCc2ccccc21. The normalized spacial score (nSPS) is 18.7. The van der Waals surface area contributed by atoms with Gasteiger partial charge in [0.2, 0.25) is 0 Å². The van der Waals surface area contributed by atoms with Crippen molar-refractivity contribution in [3.63, 3.8) is 0 Å². The lowest BCUT2D eigenvalue weighted by atomic mass is 9.99. The molecule has 0 spiro atoms. The van der Waals surface area contributed by atoms with Gasteiger partial charge in [-0.3, -0.25) is 0 Å². The molecule has 2 rings (SSSR count). The monoisotopic (exact) mass is 260 g/mol. The average Bonchev–Trinajstić information content (AvgIpc) is 2.61. The smallest absolute Gasteiger partial charge is 0.0672 e. The van der Waals surface area contributed by atoms with Crippen molar-refractivity contribution in [3.8, 4) is 0 Å². The van der Waals surface area contributed by atoms with Crippen molar-refractivity contribution in [2.24, 2.45) is 0 Å². The summed E-state index contributed by atoms with van der Waals surface area (Å²) in [4.78, 5) is 0. The van der Waals surface area contributed by atoms with E-state index in [9.17, 15) is 0 Å². The van der Waals surface area contributed by atoms with Crippen LogP contribution in [0.1, 0.15) is 30.5 Å². The Morgan fingerprint density at radius 3 is 3.16 bits per heavy atom. The van der Waals surface area contributed by atoms with Crippen molar-refractivity contribution in [2.45, 2.75) is 25.9 Å². The molecule has 1 aliphatic rings. The van der Waals surface area contributed by atoms with E-state index in [4.69, 9.17) is 4.74 Å². The Kier molecular flexibility index (Phi) is 5.58. The molecule has 0 saturated carbocycles. The molecule has 1 aromatic carbocycles. The van der Waals surface area contributed by atoms with Gasteiger partial charge in [0, 0.05) is 19.1 Å². The van der Waals surface area contributed by atoms with Gasteiger partial charge in [-0.1, -0.05) is 36.4 Å². The van der Waals surface area contributed by atoms with Gasteiger partial charge in [-0.2, -0.15) is 0 Å². The van der Waals surface area contributed by atoms with Crippen LogP contribution in [0.25, 0.3) is 0 Å². The van der Waals surface area contributed by atoms with E-state index < -0.39 is 0 Å². The second-order valence-corrected chi connectivity index (χ2v) is 5.18. The third-order valence-electron chi connectivity index (χ3n) is 3.34. The number of rotatable bonds is 6. The Hall–Kier alpha value is -1.16. The van der Waals surface area contributed by atoms with Crippen molar-refractivity contribution >= 4 is 0 Å². The maximum absolute atomic E-state index is 5.53. The van der Waals surface area contributed by atoms with E-state index in [2.05, 4.69) is 41.5 Å². The van der Waals surface area contributed by atoms with Gasteiger partial charge < -0.3 is 15.4 Å². The van der Waals surface area contributed by atoms with Crippen LogP contribution in [-0.2, 0) is 11.3 Å². The Morgan fingerprint density at radius 1 is 1.47 bits per heavy atom. The quantitative estimate of drug-likeness (QED) is 0.609. The highest BCUT2D eigenvalue weighted by molar-refractivity contribution is 5.30. The molecule has 1 aliphatic heterocycles. The number of benzene rings is 1. The Balaban J connectivity index is 1.84. The molecule has 0 bridgehead atoms. The third kappa shape index (κ3) is 4.46. The maximum Gasteiger partial charge on any atom is 0.0672 e. The second-order valence-electron chi connectivity index (χ2n) is 5.18. The molecule has 1 unspecified atom stereocenters. The van der Waals surface area contributed by atoms with Crippen LogP contribution in [-0.4, -0.2) is 26.3 Å². The zero-order chi connectivity index (χ0) is 13.5. The number of hydrogen-bond donors (Lipinski definition) is 2. The number of hydrogen-bond acceptors (Lipinski definition) is 3. The summed E-state index contributed by atoms with van der Waals surface area (Å²) in [5.41, 5.74) is 3.90. The molecule has 0 aliphatic carbocycles. The molecule has 0 aromatic heterocycles. The molecule has 0 saturated heterocycles. The first-order valence-corrected chi connectivity index (χ1v) is 7.01. The largest absolute Gasteiger partial charge is 0.376 e. The summed E-state index contributed by atoms with van der Waals surface area (Å²) in [6.07, 6.45) is 1.12. The van der Waals surface area contributed by atoms with Gasteiger partial charge in [0.05, 0.1) is 13.2 Å². The highest BCUT2D eigenvalue weighted by Crippen LogP contribution is 2.23. The molecule has 0 fully saturated rings. The van der Waals surface area contributed by atoms with E-state index in [0.717, 1.165) is 38.2 Å². The van der Waals surface area contributed by atoms with Gasteiger partial charge >= 0.3 is 0 Å².